The summed E-state index contributed by atoms with van der Waals surface area (Å²) in [7, 11) is 1.55. The van der Waals surface area contributed by atoms with Crippen LogP contribution in [0.1, 0.15) is 52.4 Å². The summed E-state index contributed by atoms with van der Waals surface area (Å²) in [6.45, 7) is 4.51. The Morgan fingerprint density at radius 3 is 0.794 bits per heavy atom. The summed E-state index contributed by atoms with van der Waals surface area (Å²) in [5, 5.41) is 5.59. The highest BCUT2D eigenvalue weighted by atomic mass is 31.1. The van der Waals surface area contributed by atoms with E-state index in [1.54, 1.807) is 0 Å². The van der Waals surface area contributed by atoms with Crippen molar-refractivity contribution in [2.24, 2.45) is 0 Å². The molecular weight excluding hydrogens is 446 g/mol. The normalized spacial score (nSPS) is 9.82. The maximum atomic E-state index is 2.26. The number of rotatable bonds is 9. The van der Waals surface area contributed by atoms with Crippen LogP contribution in [0.5, 0.6) is 0 Å². The molecule has 0 atom stereocenters. The highest BCUT2D eigenvalue weighted by molar-refractivity contribution is 7.55. The summed E-state index contributed by atoms with van der Waals surface area (Å²) in [5.74, 6) is 0. The molecule has 178 valence electrons. The molecule has 0 aliphatic heterocycles. The van der Waals surface area contributed by atoms with Crippen LogP contribution in [-0.2, 0) is 0 Å². The zero-order valence-corrected chi connectivity index (χ0v) is 22.8. The highest BCUT2D eigenvalue weighted by Crippen LogP contribution is 2.09. The average molecular weight is 487 g/mol. The van der Waals surface area contributed by atoms with Crippen LogP contribution in [-0.4, -0.2) is 0 Å². The smallest absolute Gasteiger partial charge is 0.0226 e. The molecule has 0 saturated carbocycles. The van der Waals surface area contributed by atoms with Crippen molar-refractivity contribution >= 4 is 38.4 Å². The van der Waals surface area contributed by atoms with Crippen LogP contribution < -0.4 is 21.2 Å². The fraction of sp³-hybridized carbons (Fsp3) is 0.250. The van der Waals surface area contributed by atoms with E-state index in [4.69, 9.17) is 0 Å². The van der Waals surface area contributed by atoms with E-state index < -0.39 is 0 Å². The highest BCUT2D eigenvalue weighted by Gasteiger charge is 1.93. The van der Waals surface area contributed by atoms with Gasteiger partial charge in [0.05, 0.1) is 0 Å². The molecule has 0 spiro atoms. The molecule has 4 aromatic rings. The van der Waals surface area contributed by atoms with E-state index in [0.717, 1.165) is 17.2 Å². The Morgan fingerprint density at radius 1 is 0.353 bits per heavy atom. The molecule has 0 N–H and O–H groups in total. The van der Waals surface area contributed by atoms with Gasteiger partial charge in [0.1, 0.15) is 0 Å². The lowest BCUT2D eigenvalue weighted by molar-refractivity contribution is 0.624. The van der Waals surface area contributed by atoms with Crippen molar-refractivity contribution < 1.29 is 0 Å². The van der Waals surface area contributed by atoms with Gasteiger partial charge in [0.2, 0.25) is 0 Å². The molecule has 0 aliphatic rings. The number of unbranched alkanes of at least 4 members (excludes halogenated alkanes) is 5. The van der Waals surface area contributed by atoms with E-state index >= 15 is 0 Å². The van der Waals surface area contributed by atoms with Crippen molar-refractivity contribution in [3.63, 3.8) is 0 Å². The van der Waals surface area contributed by atoms with Crippen LogP contribution in [0.3, 0.4) is 0 Å². The first-order valence-corrected chi connectivity index (χ1v) is 14.6. The fourth-order valence-electron chi connectivity index (χ4n) is 3.27. The van der Waals surface area contributed by atoms with Gasteiger partial charge in [0.15, 0.2) is 0 Å². The Labute approximate surface area is 211 Å². The lowest BCUT2D eigenvalue weighted by atomic mass is 10.1. The van der Waals surface area contributed by atoms with E-state index in [2.05, 4.69) is 135 Å². The molecule has 0 unspecified atom stereocenters. The molecule has 0 saturated heterocycles. The molecule has 4 aromatic carbocycles. The van der Waals surface area contributed by atoms with Crippen LogP contribution >= 0.6 is 17.2 Å². The Morgan fingerprint density at radius 2 is 0.588 bits per heavy atom. The molecule has 0 heterocycles. The van der Waals surface area contributed by atoms with Gasteiger partial charge in [-0.2, -0.15) is 0 Å². The second-order valence-electron chi connectivity index (χ2n) is 8.13. The summed E-state index contributed by atoms with van der Waals surface area (Å²) in [6.07, 6.45) is 8.49. The average Bonchev–Trinajstić information content (AvgIpc) is 2.90. The molecule has 4 rings (SSSR count). The van der Waals surface area contributed by atoms with Crippen molar-refractivity contribution in [2.45, 2.75) is 52.4 Å². The Kier molecular flexibility index (Phi) is 15.7. The molecule has 0 aliphatic carbocycles. The van der Waals surface area contributed by atoms with E-state index in [-0.39, 0.29) is 0 Å². The van der Waals surface area contributed by atoms with Gasteiger partial charge >= 0.3 is 0 Å². The third kappa shape index (κ3) is 13.4. The molecule has 0 radical (unpaired) electrons. The van der Waals surface area contributed by atoms with Crippen molar-refractivity contribution in [3.05, 3.63) is 121 Å². The molecule has 0 amide bonds. The number of hydrogen-bond acceptors (Lipinski definition) is 0. The first kappa shape index (κ1) is 28.0. The van der Waals surface area contributed by atoms with Crippen molar-refractivity contribution in [1.29, 1.82) is 0 Å². The monoisotopic (exact) mass is 486 g/mol. The van der Waals surface area contributed by atoms with Crippen molar-refractivity contribution in [2.75, 3.05) is 0 Å². The van der Waals surface area contributed by atoms with Gasteiger partial charge in [-0.15, -0.1) is 0 Å². The van der Waals surface area contributed by atoms with Gasteiger partial charge in [-0.3, -0.25) is 0 Å². The van der Waals surface area contributed by atoms with Crippen LogP contribution in [0.15, 0.2) is 121 Å². The van der Waals surface area contributed by atoms with Crippen LogP contribution in [0, 0.1) is 0 Å². The maximum absolute atomic E-state index is 2.26. The summed E-state index contributed by atoms with van der Waals surface area (Å²) in [5.41, 5.74) is 0. The standard InChI is InChI=1S/2C12H11P.C8H18/c2*1-3-7-11(8-4-1)13-12-9-5-2-6-10-12;1-3-5-7-8-6-4-2/h2*1-10,13H;3-8H2,1-2H3. The van der Waals surface area contributed by atoms with Gasteiger partial charge < -0.3 is 0 Å². The first-order chi connectivity index (χ1) is 16.8. The van der Waals surface area contributed by atoms with Gasteiger partial charge in [0.25, 0.3) is 0 Å². The predicted molar refractivity (Wildman–Crippen MR) is 160 cm³/mol. The second-order valence-corrected chi connectivity index (χ2v) is 10.9. The van der Waals surface area contributed by atoms with Gasteiger partial charge in [-0.25, -0.2) is 0 Å². The quantitative estimate of drug-likeness (QED) is 0.166. The summed E-state index contributed by atoms with van der Waals surface area (Å²) >= 11 is 0. The lowest BCUT2D eigenvalue weighted by Crippen LogP contribution is -2.01. The maximum Gasteiger partial charge on any atom is -0.0226 e. The molecular formula is C32H40P2. The SMILES string of the molecule is CCCCCCCC.c1ccc(Pc2ccccc2)cc1.c1ccc(Pc2ccccc2)cc1. The minimum Gasteiger partial charge on any atom is -0.0654 e. The topological polar surface area (TPSA) is 0 Å². The summed E-state index contributed by atoms with van der Waals surface area (Å²) in [4.78, 5) is 0. The number of hydrogen-bond donors (Lipinski definition) is 0. The Bertz CT molecular complexity index is 797. The molecule has 34 heavy (non-hydrogen) atoms. The van der Waals surface area contributed by atoms with Crippen LogP contribution in [0.25, 0.3) is 0 Å². The van der Waals surface area contributed by atoms with Crippen LogP contribution in [0.4, 0.5) is 0 Å². The minimum atomic E-state index is 0.777. The zero-order valence-electron chi connectivity index (χ0n) is 20.8. The van der Waals surface area contributed by atoms with Gasteiger partial charge in [-0.1, -0.05) is 191 Å². The van der Waals surface area contributed by atoms with Crippen LogP contribution in [0.2, 0.25) is 0 Å². The third-order valence-electron chi connectivity index (χ3n) is 5.13. The molecule has 2 heteroatoms. The number of benzene rings is 4. The van der Waals surface area contributed by atoms with Gasteiger partial charge in [-0.05, 0) is 21.2 Å². The van der Waals surface area contributed by atoms with Crippen molar-refractivity contribution in [1.82, 2.24) is 0 Å². The summed E-state index contributed by atoms with van der Waals surface area (Å²) in [6, 6.07) is 42.3. The molecule has 0 aromatic heterocycles. The third-order valence-corrected chi connectivity index (χ3v) is 7.62. The molecule has 0 fully saturated rings. The molecule has 0 nitrogen and oxygen atoms in total. The predicted octanol–water partition coefficient (Wildman–Crippen LogP) is 8.00. The largest absolute Gasteiger partial charge is 0.0654 e. The van der Waals surface area contributed by atoms with E-state index in [1.165, 1.54) is 59.7 Å². The molecule has 0 bridgehead atoms. The Balaban J connectivity index is 0.000000187. The summed E-state index contributed by atoms with van der Waals surface area (Å²) < 4.78 is 0. The fourth-order valence-corrected chi connectivity index (χ4v) is 5.38. The zero-order chi connectivity index (χ0) is 24.1. The van der Waals surface area contributed by atoms with Crippen molar-refractivity contribution in [3.8, 4) is 0 Å². The first-order valence-electron chi connectivity index (χ1n) is 12.6. The van der Waals surface area contributed by atoms with E-state index in [1.807, 2.05) is 0 Å². The lowest BCUT2D eigenvalue weighted by Gasteiger charge is -2.00. The Hall–Kier alpha value is -2.26. The van der Waals surface area contributed by atoms with E-state index in [0.29, 0.717) is 0 Å². The minimum absolute atomic E-state index is 0.777. The van der Waals surface area contributed by atoms with Gasteiger partial charge in [0, 0.05) is 0 Å². The second kappa shape index (κ2) is 19.1. The van der Waals surface area contributed by atoms with E-state index in [9.17, 15) is 0 Å².